The van der Waals surface area contributed by atoms with Crippen molar-refractivity contribution >= 4 is 0 Å². The maximum absolute atomic E-state index is 10.5. The van der Waals surface area contributed by atoms with Gasteiger partial charge in [0, 0.05) is 5.56 Å². The first-order valence-electron chi connectivity index (χ1n) is 6.44. The Morgan fingerprint density at radius 1 is 1.35 bits per heavy atom. The number of rotatable bonds is 3. The van der Waals surface area contributed by atoms with E-state index in [-0.39, 0.29) is 6.10 Å². The normalized spacial score (nSPS) is 25.9. The minimum Gasteiger partial charge on any atom is -0.496 e. The van der Waals surface area contributed by atoms with Crippen molar-refractivity contribution in [1.82, 2.24) is 0 Å². The molecular formula is C15H22O2. The molecule has 0 aromatic heterocycles. The van der Waals surface area contributed by atoms with Gasteiger partial charge in [-0.05, 0) is 43.7 Å². The van der Waals surface area contributed by atoms with Gasteiger partial charge in [-0.15, -0.1) is 0 Å². The van der Waals surface area contributed by atoms with Gasteiger partial charge in [-0.1, -0.05) is 25.0 Å². The van der Waals surface area contributed by atoms with Crippen molar-refractivity contribution in [3.05, 3.63) is 29.3 Å². The van der Waals surface area contributed by atoms with Crippen molar-refractivity contribution in [2.75, 3.05) is 7.11 Å². The summed E-state index contributed by atoms with van der Waals surface area (Å²) in [7, 11) is 1.66. The molecule has 1 aliphatic rings. The Balaban J connectivity index is 2.23. The quantitative estimate of drug-likeness (QED) is 0.867. The fourth-order valence-corrected chi connectivity index (χ4v) is 2.88. The van der Waals surface area contributed by atoms with Crippen LogP contribution in [0.3, 0.4) is 0 Å². The van der Waals surface area contributed by atoms with Crippen LogP contribution >= 0.6 is 0 Å². The predicted molar refractivity (Wildman–Crippen MR) is 69.2 cm³/mol. The first-order valence-corrected chi connectivity index (χ1v) is 6.44. The van der Waals surface area contributed by atoms with E-state index in [1.807, 2.05) is 25.1 Å². The average Bonchev–Trinajstić information content (AvgIpc) is 2.75. The van der Waals surface area contributed by atoms with Crippen LogP contribution < -0.4 is 4.74 Å². The Labute approximate surface area is 104 Å². The summed E-state index contributed by atoms with van der Waals surface area (Å²) in [4.78, 5) is 0. The minimum atomic E-state index is -0.380. The zero-order valence-electron chi connectivity index (χ0n) is 10.9. The molecule has 0 amide bonds. The monoisotopic (exact) mass is 234 g/mol. The number of aliphatic hydroxyl groups excluding tert-OH is 1. The Morgan fingerprint density at radius 2 is 2.12 bits per heavy atom. The smallest absolute Gasteiger partial charge is 0.124 e. The molecule has 2 nitrogen and oxygen atoms in total. The number of ether oxygens (including phenoxy) is 1. The lowest BCUT2D eigenvalue weighted by Crippen LogP contribution is -2.11. The van der Waals surface area contributed by atoms with Crippen LogP contribution in [-0.4, -0.2) is 12.2 Å². The highest BCUT2D eigenvalue weighted by Gasteiger charge is 2.30. The second-order valence-corrected chi connectivity index (χ2v) is 5.37. The standard InChI is InChI=1S/C15H22O2/c1-10-4-6-12(8-10)15(16)13-9-11(2)5-7-14(13)17-3/h5,7,9-10,12,15-16H,4,6,8H2,1-3H3. The molecule has 2 heteroatoms. The summed E-state index contributed by atoms with van der Waals surface area (Å²) in [5.41, 5.74) is 2.12. The van der Waals surface area contributed by atoms with Gasteiger partial charge < -0.3 is 9.84 Å². The van der Waals surface area contributed by atoms with Gasteiger partial charge in [-0.25, -0.2) is 0 Å². The molecule has 94 valence electrons. The first-order chi connectivity index (χ1) is 8.11. The molecular weight excluding hydrogens is 212 g/mol. The summed E-state index contributed by atoms with van der Waals surface area (Å²) < 4.78 is 5.35. The summed E-state index contributed by atoms with van der Waals surface area (Å²) in [5, 5.41) is 10.5. The maximum atomic E-state index is 10.5. The van der Waals surface area contributed by atoms with E-state index in [9.17, 15) is 5.11 Å². The van der Waals surface area contributed by atoms with Crippen LogP contribution in [0.5, 0.6) is 5.75 Å². The summed E-state index contributed by atoms with van der Waals surface area (Å²) in [6.45, 7) is 4.31. The van der Waals surface area contributed by atoms with Crippen molar-refractivity contribution in [2.45, 2.75) is 39.2 Å². The molecule has 17 heavy (non-hydrogen) atoms. The van der Waals surface area contributed by atoms with Crippen molar-refractivity contribution in [3.8, 4) is 5.75 Å². The lowest BCUT2D eigenvalue weighted by atomic mass is 9.92. The average molecular weight is 234 g/mol. The van der Waals surface area contributed by atoms with E-state index in [1.54, 1.807) is 7.11 Å². The van der Waals surface area contributed by atoms with E-state index >= 15 is 0 Å². The third kappa shape index (κ3) is 2.63. The molecule has 0 saturated heterocycles. The minimum absolute atomic E-state index is 0.380. The lowest BCUT2D eigenvalue weighted by Gasteiger charge is -2.21. The van der Waals surface area contributed by atoms with Crippen LogP contribution in [0.2, 0.25) is 0 Å². The Bertz CT molecular complexity index is 387. The fourth-order valence-electron chi connectivity index (χ4n) is 2.88. The highest BCUT2D eigenvalue weighted by atomic mass is 16.5. The topological polar surface area (TPSA) is 29.5 Å². The van der Waals surface area contributed by atoms with Gasteiger partial charge in [-0.3, -0.25) is 0 Å². The van der Waals surface area contributed by atoms with Gasteiger partial charge in [0.25, 0.3) is 0 Å². The molecule has 0 aliphatic heterocycles. The molecule has 1 aromatic carbocycles. The molecule has 0 spiro atoms. The van der Waals surface area contributed by atoms with E-state index in [4.69, 9.17) is 4.74 Å². The van der Waals surface area contributed by atoms with Crippen molar-refractivity contribution in [3.63, 3.8) is 0 Å². The van der Waals surface area contributed by atoms with Crippen LogP contribution in [0.25, 0.3) is 0 Å². The number of benzene rings is 1. The van der Waals surface area contributed by atoms with Gasteiger partial charge in [-0.2, -0.15) is 0 Å². The van der Waals surface area contributed by atoms with Crippen LogP contribution in [0.1, 0.15) is 43.4 Å². The molecule has 1 N–H and O–H groups in total. The largest absolute Gasteiger partial charge is 0.496 e. The zero-order valence-corrected chi connectivity index (χ0v) is 10.9. The van der Waals surface area contributed by atoms with E-state index in [0.717, 1.165) is 30.1 Å². The van der Waals surface area contributed by atoms with E-state index < -0.39 is 0 Å². The molecule has 0 heterocycles. The molecule has 3 unspecified atom stereocenters. The molecule has 1 aromatic rings. The second-order valence-electron chi connectivity index (χ2n) is 5.37. The second kappa shape index (κ2) is 5.09. The Hall–Kier alpha value is -1.02. The van der Waals surface area contributed by atoms with Crippen LogP contribution in [0.4, 0.5) is 0 Å². The summed E-state index contributed by atoms with van der Waals surface area (Å²) in [5.74, 6) is 1.94. The molecule has 3 atom stereocenters. The molecule has 0 bridgehead atoms. The summed E-state index contributed by atoms with van der Waals surface area (Å²) in [6.07, 6.45) is 3.10. The molecule has 2 rings (SSSR count). The number of methoxy groups -OCH3 is 1. The van der Waals surface area contributed by atoms with Crippen molar-refractivity contribution in [2.24, 2.45) is 11.8 Å². The van der Waals surface area contributed by atoms with Crippen LogP contribution in [-0.2, 0) is 0 Å². The summed E-state index contributed by atoms with van der Waals surface area (Å²) >= 11 is 0. The molecule has 1 aliphatic carbocycles. The Kier molecular flexibility index (Phi) is 3.72. The highest BCUT2D eigenvalue weighted by molar-refractivity contribution is 5.38. The van der Waals surface area contributed by atoms with Gasteiger partial charge in [0.15, 0.2) is 0 Å². The van der Waals surface area contributed by atoms with Crippen molar-refractivity contribution in [1.29, 1.82) is 0 Å². The van der Waals surface area contributed by atoms with E-state index in [2.05, 4.69) is 6.92 Å². The maximum Gasteiger partial charge on any atom is 0.124 e. The van der Waals surface area contributed by atoms with Gasteiger partial charge in [0.1, 0.15) is 5.75 Å². The van der Waals surface area contributed by atoms with Gasteiger partial charge in [0.2, 0.25) is 0 Å². The molecule has 1 fully saturated rings. The fraction of sp³-hybridized carbons (Fsp3) is 0.600. The zero-order chi connectivity index (χ0) is 12.4. The lowest BCUT2D eigenvalue weighted by molar-refractivity contribution is 0.106. The van der Waals surface area contributed by atoms with Crippen LogP contribution in [0, 0.1) is 18.8 Å². The number of aliphatic hydroxyl groups is 1. The number of hydrogen-bond acceptors (Lipinski definition) is 2. The predicted octanol–water partition coefficient (Wildman–Crippen LogP) is 3.47. The van der Waals surface area contributed by atoms with Crippen molar-refractivity contribution < 1.29 is 9.84 Å². The molecule has 1 saturated carbocycles. The summed E-state index contributed by atoms with van der Waals surface area (Å²) in [6, 6.07) is 6.02. The van der Waals surface area contributed by atoms with Crippen LogP contribution in [0.15, 0.2) is 18.2 Å². The van der Waals surface area contributed by atoms with E-state index in [0.29, 0.717) is 5.92 Å². The first kappa shape index (κ1) is 12.4. The Morgan fingerprint density at radius 3 is 2.71 bits per heavy atom. The number of hydrogen-bond donors (Lipinski definition) is 1. The van der Waals surface area contributed by atoms with E-state index in [1.165, 1.54) is 12.0 Å². The number of aryl methyl sites for hydroxylation is 1. The third-order valence-corrected chi connectivity index (χ3v) is 3.89. The SMILES string of the molecule is COc1ccc(C)cc1C(O)C1CCC(C)C1. The third-order valence-electron chi connectivity index (χ3n) is 3.89. The van der Waals surface area contributed by atoms with Gasteiger partial charge >= 0.3 is 0 Å². The van der Waals surface area contributed by atoms with Gasteiger partial charge in [0.05, 0.1) is 13.2 Å². The highest BCUT2D eigenvalue weighted by Crippen LogP contribution is 2.41. The molecule has 0 radical (unpaired) electrons.